The van der Waals surface area contributed by atoms with Gasteiger partial charge in [0.25, 0.3) is 5.91 Å². The second-order valence-electron chi connectivity index (χ2n) is 5.62. The van der Waals surface area contributed by atoms with Gasteiger partial charge in [0.1, 0.15) is 34.7 Å². The molecule has 3 rings (SSSR count). The second kappa shape index (κ2) is 8.05. The molecule has 2 aromatic carbocycles. The first kappa shape index (κ1) is 18.0. The van der Waals surface area contributed by atoms with Crippen molar-refractivity contribution >= 4 is 17.2 Å². The average molecular weight is 374 g/mol. The third-order valence-corrected chi connectivity index (χ3v) is 4.50. The number of ether oxygens (including phenoxy) is 1. The molecule has 0 saturated heterocycles. The highest BCUT2D eigenvalue weighted by Crippen LogP contribution is 2.17. The maximum absolute atomic E-state index is 13.0. The van der Waals surface area contributed by atoms with Gasteiger partial charge < -0.3 is 10.1 Å². The molecule has 1 atom stereocenters. The van der Waals surface area contributed by atoms with Gasteiger partial charge in [-0.1, -0.05) is 12.1 Å². The lowest BCUT2D eigenvalue weighted by Gasteiger charge is -2.13. The molecule has 0 aliphatic heterocycles. The maximum Gasteiger partial charge on any atom is 0.271 e. The summed E-state index contributed by atoms with van der Waals surface area (Å²) in [7, 11) is 0. The van der Waals surface area contributed by atoms with Gasteiger partial charge in [-0.2, -0.15) is 0 Å². The fourth-order valence-electron chi connectivity index (χ4n) is 2.26. The Bertz CT molecular complexity index is 879. The van der Waals surface area contributed by atoms with Crippen LogP contribution in [0.2, 0.25) is 0 Å². The molecule has 7 heteroatoms. The standard InChI is InChI=1S/C19H16F2N2O2S/c1-12(13-2-4-14(20)5-3-13)22-19(24)17-11-26-18(23-17)10-25-16-8-6-15(21)7-9-16/h2-9,11-12H,10H2,1H3,(H,22,24)/t12-/m0/s1. The van der Waals surface area contributed by atoms with Crippen molar-refractivity contribution in [3.63, 3.8) is 0 Å². The quantitative estimate of drug-likeness (QED) is 0.692. The summed E-state index contributed by atoms with van der Waals surface area (Å²) in [6.45, 7) is 2.01. The van der Waals surface area contributed by atoms with Crippen molar-refractivity contribution in [1.29, 1.82) is 0 Å². The molecular weight excluding hydrogens is 358 g/mol. The number of benzene rings is 2. The minimum Gasteiger partial charge on any atom is -0.486 e. The Hall–Kier alpha value is -2.80. The van der Waals surface area contributed by atoms with E-state index in [4.69, 9.17) is 4.74 Å². The molecule has 0 aliphatic rings. The fourth-order valence-corrected chi connectivity index (χ4v) is 2.95. The van der Waals surface area contributed by atoms with Crippen molar-refractivity contribution in [3.05, 3.63) is 81.8 Å². The van der Waals surface area contributed by atoms with Crippen molar-refractivity contribution in [2.75, 3.05) is 0 Å². The molecule has 1 N–H and O–H groups in total. The van der Waals surface area contributed by atoms with Crippen molar-refractivity contribution < 1.29 is 18.3 Å². The van der Waals surface area contributed by atoms with Crippen LogP contribution in [-0.4, -0.2) is 10.9 Å². The summed E-state index contributed by atoms with van der Waals surface area (Å²) in [5.74, 6) is -0.443. The molecule has 134 valence electrons. The topological polar surface area (TPSA) is 51.2 Å². The van der Waals surface area contributed by atoms with Crippen LogP contribution in [0.15, 0.2) is 53.9 Å². The van der Waals surface area contributed by atoms with E-state index in [9.17, 15) is 13.6 Å². The molecule has 0 bridgehead atoms. The minimum atomic E-state index is -0.333. The van der Waals surface area contributed by atoms with Crippen LogP contribution in [0.1, 0.15) is 34.0 Å². The van der Waals surface area contributed by atoms with E-state index in [-0.39, 0.29) is 30.2 Å². The van der Waals surface area contributed by atoms with Crippen LogP contribution < -0.4 is 10.1 Å². The third kappa shape index (κ3) is 4.64. The predicted molar refractivity (Wildman–Crippen MR) is 95.1 cm³/mol. The summed E-state index contributed by atoms with van der Waals surface area (Å²) in [5.41, 5.74) is 1.09. The summed E-state index contributed by atoms with van der Waals surface area (Å²) in [5, 5.41) is 5.11. The van der Waals surface area contributed by atoms with Crippen LogP contribution in [0.25, 0.3) is 0 Å². The smallest absolute Gasteiger partial charge is 0.271 e. The van der Waals surface area contributed by atoms with E-state index < -0.39 is 0 Å². The summed E-state index contributed by atoms with van der Waals surface area (Å²) in [6, 6.07) is 11.4. The highest BCUT2D eigenvalue weighted by atomic mass is 32.1. The molecule has 1 amide bonds. The number of carbonyl (C=O) groups is 1. The van der Waals surface area contributed by atoms with Gasteiger partial charge in [-0.15, -0.1) is 11.3 Å². The van der Waals surface area contributed by atoms with E-state index >= 15 is 0 Å². The largest absolute Gasteiger partial charge is 0.486 e. The number of rotatable bonds is 6. The van der Waals surface area contributed by atoms with Gasteiger partial charge in [0.05, 0.1) is 6.04 Å². The molecule has 0 saturated carbocycles. The zero-order valence-electron chi connectivity index (χ0n) is 13.9. The maximum atomic E-state index is 13.0. The van der Waals surface area contributed by atoms with E-state index in [2.05, 4.69) is 10.3 Å². The number of nitrogens with zero attached hydrogens (tertiary/aromatic N) is 1. The lowest BCUT2D eigenvalue weighted by atomic mass is 10.1. The number of amides is 1. The van der Waals surface area contributed by atoms with Gasteiger partial charge >= 0.3 is 0 Å². The van der Waals surface area contributed by atoms with Gasteiger partial charge in [-0.05, 0) is 48.9 Å². The van der Waals surface area contributed by atoms with E-state index in [0.29, 0.717) is 16.5 Å². The van der Waals surface area contributed by atoms with Crippen LogP contribution in [0.4, 0.5) is 8.78 Å². The SMILES string of the molecule is C[C@H](NC(=O)c1csc(COc2ccc(F)cc2)n1)c1ccc(F)cc1. The number of carbonyl (C=O) groups excluding carboxylic acids is 1. The van der Waals surface area contributed by atoms with E-state index in [1.165, 1.54) is 47.7 Å². The molecule has 0 spiro atoms. The molecule has 4 nitrogen and oxygen atoms in total. The number of hydrogen-bond acceptors (Lipinski definition) is 4. The number of hydrogen-bond donors (Lipinski definition) is 1. The summed E-state index contributed by atoms with van der Waals surface area (Å²) >= 11 is 1.30. The van der Waals surface area contributed by atoms with E-state index in [1.807, 2.05) is 6.92 Å². The molecule has 26 heavy (non-hydrogen) atoms. The first-order chi connectivity index (χ1) is 12.5. The highest BCUT2D eigenvalue weighted by molar-refractivity contribution is 7.09. The lowest BCUT2D eigenvalue weighted by Crippen LogP contribution is -2.27. The number of nitrogens with one attached hydrogen (secondary N) is 1. The third-order valence-electron chi connectivity index (χ3n) is 3.68. The molecule has 1 heterocycles. The van der Waals surface area contributed by atoms with Crippen LogP contribution in [-0.2, 0) is 6.61 Å². The molecule has 0 fully saturated rings. The Balaban J connectivity index is 1.57. The van der Waals surface area contributed by atoms with Crippen LogP contribution in [0.5, 0.6) is 5.75 Å². The van der Waals surface area contributed by atoms with Crippen LogP contribution >= 0.6 is 11.3 Å². The predicted octanol–water partition coefficient (Wildman–Crippen LogP) is 4.49. The van der Waals surface area contributed by atoms with Crippen molar-refractivity contribution in [2.24, 2.45) is 0 Å². The van der Waals surface area contributed by atoms with E-state index in [1.54, 1.807) is 17.5 Å². The van der Waals surface area contributed by atoms with Gasteiger partial charge in [0.2, 0.25) is 0 Å². The Morgan fingerprint density at radius 1 is 1.12 bits per heavy atom. The van der Waals surface area contributed by atoms with Gasteiger partial charge in [-0.3, -0.25) is 4.79 Å². The Kier molecular flexibility index (Phi) is 5.58. The molecular formula is C19H16F2N2O2S. The normalized spacial score (nSPS) is 11.8. The van der Waals surface area contributed by atoms with Crippen molar-refractivity contribution in [2.45, 2.75) is 19.6 Å². The Morgan fingerprint density at radius 3 is 2.38 bits per heavy atom. The number of thiazole rings is 1. The molecule has 3 aromatic rings. The van der Waals surface area contributed by atoms with Gasteiger partial charge in [0, 0.05) is 5.38 Å². The van der Waals surface area contributed by atoms with Gasteiger partial charge in [0.15, 0.2) is 0 Å². The molecule has 0 aliphatic carbocycles. The summed E-state index contributed by atoms with van der Waals surface area (Å²) < 4.78 is 31.3. The van der Waals surface area contributed by atoms with Crippen molar-refractivity contribution in [1.82, 2.24) is 10.3 Å². The number of aromatic nitrogens is 1. The lowest BCUT2D eigenvalue weighted by molar-refractivity contribution is 0.0935. The molecule has 0 unspecified atom stereocenters. The van der Waals surface area contributed by atoms with Gasteiger partial charge in [-0.25, -0.2) is 13.8 Å². The summed E-state index contributed by atoms with van der Waals surface area (Å²) in [4.78, 5) is 16.5. The highest BCUT2D eigenvalue weighted by Gasteiger charge is 2.15. The zero-order chi connectivity index (χ0) is 18.5. The van der Waals surface area contributed by atoms with Crippen molar-refractivity contribution in [3.8, 4) is 5.75 Å². The zero-order valence-corrected chi connectivity index (χ0v) is 14.7. The summed E-state index contributed by atoms with van der Waals surface area (Å²) in [6.07, 6.45) is 0. The average Bonchev–Trinajstić information content (AvgIpc) is 3.11. The van der Waals surface area contributed by atoms with Crippen LogP contribution in [0, 0.1) is 11.6 Å². The molecule has 0 radical (unpaired) electrons. The van der Waals surface area contributed by atoms with Crippen LogP contribution in [0.3, 0.4) is 0 Å². The Morgan fingerprint density at radius 2 is 1.73 bits per heavy atom. The monoisotopic (exact) mass is 374 g/mol. The second-order valence-corrected chi connectivity index (χ2v) is 6.56. The molecule has 1 aromatic heterocycles. The number of halogens is 2. The fraction of sp³-hybridized carbons (Fsp3) is 0.158. The first-order valence-corrected chi connectivity index (χ1v) is 8.78. The minimum absolute atomic E-state index is 0.192. The first-order valence-electron chi connectivity index (χ1n) is 7.90. The van der Waals surface area contributed by atoms with E-state index in [0.717, 1.165) is 5.56 Å². The Labute approximate surface area is 153 Å².